The molecule has 0 aromatic heterocycles. The molecule has 15 heavy (non-hydrogen) atoms. The van der Waals surface area contributed by atoms with Gasteiger partial charge in [-0.05, 0) is 23.8 Å². The molecule has 2 aromatic rings. The van der Waals surface area contributed by atoms with Crippen molar-refractivity contribution in [2.24, 2.45) is 0 Å². The molecule has 1 heterocycles. The van der Waals surface area contributed by atoms with Crippen LogP contribution in [0, 0.1) is 0 Å². The van der Waals surface area contributed by atoms with Gasteiger partial charge in [0.15, 0.2) is 0 Å². The quantitative estimate of drug-likeness (QED) is 0.638. The zero-order valence-corrected chi connectivity index (χ0v) is 8.14. The van der Waals surface area contributed by atoms with Crippen molar-refractivity contribution in [1.29, 1.82) is 0 Å². The standard InChI is InChI=1S/C13H10NO/c15-8-9-5-6-13-11(7-9)10-3-1-2-4-12(10)14-13/h1-7,15H,8H2. The van der Waals surface area contributed by atoms with Crippen molar-refractivity contribution >= 4 is 11.4 Å². The van der Waals surface area contributed by atoms with Gasteiger partial charge in [0.1, 0.15) is 0 Å². The summed E-state index contributed by atoms with van der Waals surface area (Å²) in [5.74, 6) is 0. The van der Waals surface area contributed by atoms with E-state index in [4.69, 9.17) is 5.11 Å². The van der Waals surface area contributed by atoms with Gasteiger partial charge >= 0.3 is 0 Å². The Labute approximate surface area is 88.2 Å². The zero-order valence-electron chi connectivity index (χ0n) is 8.14. The van der Waals surface area contributed by atoms with Crippen LogP contribution in [0.5, 0.6) is 0 Å². The van der Waals surface area contributed by atoms with Gasteiger partial charge in [0.05, 0.1) is 18.0 Å². The molecule has 73 valence electrons. The van der Waals surface area contributed by atoms with Crippen LogP contribution in [-0.4, -0.2) is 5.11 Å². The van der Waals surface area contributed by atoms with E-state index >= 15 is 0 Å². The number of aliphatic hydroxyl groups excluding tert-OH is 1. The number of rotatable bonds is 1. The number of hydrogen-bond acceptors (Lipinski definition) is 1. The fraction of sp³-hybridized carbons (Fsp3) is 0.0769. The number of para-hydroxylation sites is 1. The first-order chi connectivity index (χ1) is 7.38. The summed E-state index contributed by atoms with van der Waals surface area (Å²) in [4.78, 5) is 0. The van der Waals surface area contributed by atoms with E-state index in [0.717, 1.165) is 28.1 Å². The number of fused-ring (bicyclic) bond motifs is 3. The van der Waals surface area contributed by atoms with Crippen LogP contribution in [-0.2, 0) is 6.61 Å². The minimum atomic E-state index is 0.0788. The molecule has 1 aliphatic rings. The van der Waals surface area contributed by atoms with Crippen LogP contribution in [0.25, 0.3) is 11.1 Å². The highest BCUT2D eigenvalue weighted by molar-refractivity contribution is 5.90. The summed E-state index contributed by atoms with van der Waals surface area (Å²) < 4.78 is 0. The van der Waals surface area contributed by atoms with Gasteiger partial charge in [-0.3, -0.25) is 0 Å². The lowest BCUT2D eigenvalue weighted by atomic mass is 10.0. The summed E-state index contributed by atoms with van der Waals surface area (Å²) in [6.45, 7) is 0.0788. The monoisotopic (exact) mass is 196 g/mol. The molecule has 0 unspecified atom stereocenters. The van der Waals surface area contributed by atoms with E-state index in [-0.39, 0.29) is 6.61 Å². The van der Waals surface area contributed by atoms with Crippen LogP contribution in [0.4, 0.5) is 11.4 Å². The highest BCUT2D eigenvalue weighted by Gasteiger charge is 2.18. The fourth-order valence-electron chi connectivity index (χ4n) is 1.92. The molecule has 0 aliphatic carbocycles. The van der Waals surface area contributed by atoms with Gasteiger partial charge in [0.2, 0.25) is 0 Å². The average molecular weight is 196 g/mol. The third-order valence-corrected chi connectivity index (χ3v) is 2.68. The topological polar surface area (TPSA) is 34.3 Å². The van der Waals surface area contributed by atoms with Gasteiger partial charge < -0.3 is 5.11 Å². The van der Waals surface area contributed by atoms with Crippen molar-refractivity contribution in [3.05, 3.63) is 48.0 Å². The van der Waals surface area contributed by atoms with Crippen molar-refractivity contribution in [2.75, 3.05) is 0 Å². The molecule has 1 N–H and O–H groups in total. The summed E-state index contributed by atoms with van der Waals surface area (Å²) in [6.07, 6.45) is 0. The van der Waals surface area contributed by atoms with Crippen molar-refractivity contribution in [3.63, 3.8) is 0 Å². The third kappa shape index (κ3) is 1.22. The highest BCUT2D eigenvalue weighted by atomic mass is 16.3. The van der Waals surface area contributed by atoms with Gasteiger partial charge in [-0.25, -0.2) is 5.32 Å². The second kappa shape index (κ2) is 3.11. The summed E-state index contributed by atoms with van der Waals surface area (Å²) >= 11 is 0. The number of aliphatic hydroxyl groups is 1. The lowest BCUT2D eigenvalue weighted by Crippen LogP contribution is -1.84. The Morgan fingerprint density at radius 1 is 0.933 bits per heavy atom. The van der Waals surface area contributed by atoms with E-state index in [2.05, 4.69) is 11.4 Å². The van der Waals surface area contributed by atoms with Crippen LogP contribution in [0.2, 0.25) is 0 Å². The van der Waals surface area contributed by atoms with Gasteiger partial charge in [0.25, 0.3) is 0 Å². The zero-order chi connectivity index (χ0) is 10.3. The van der Waals surface area contributed by atoms with Gasteiger partial charge in [-0.2, -0.15) is 0 Å². The van der Waals surface area contributed by atoms with E-state index in [1.54, 1.807) is 0 Å². The van der Waals surface area contributed by atoms with Crippen molar-refractivity contribution < 1.29 is 5.11 Å². The number of nitrogens with zero attached hydrogens (tertiary/aromatic N) is 1. The highest BCUT2D eigenvalue weighted by Crippen LogP contribution is 2.42. The maximum absolute atomic E-state index is 9.09. The van der Waals surface area contributed by atoms with E-state index in [0.29, 0.717) is 0 Å². The van der Waals surface area contributed by atoms with Crippen LogP contribution in [0.3, 0.4) is 0 Å². The van der Waals surface area contributed by atoms with E-state index < -0.39 is 0 Å². The molecule has 0 atom stereocenters. The molecule has 3 rings (SSSR count). The van der Waals surface area contributed by atoms with Crippen LogP contribution in [0.15, 0.2) is 42.5 Å². The van der Waals surface area contributed by atoms with E-state index in [9.17, 15) is 0 Å². The molecule has 0 spiro atoms. The van der Waals surface area contributed by atoms with Gasteiger partial charge in [-0.15, -0.1) is 0 Å². The molecule has 0 fully saturated rings. The van der Waals surface area contributed by atoms with Crippen molar-refractivity contribution in [1.82, 2.24) is 5.32 Å². The Morgan fingerprint density at radius 2 is 1.73 bits per heavy atom. The third-order valence-electron chi connectivity index (χ3n) is 2.68. The average Bonchev–Trinajstić information content (AvgIpc) is 2.66. The predicted molar refractivity (Wildman–Crippen MR) is 59.3 cm³/mol. The molecule has 2 heteroatoms. The summed E-state index contributed by atoms with van der Waals surface area (Å²) in [7, 11) is 0. The number of hydrogen-bond donors (Lipinski definition) is 1. The summed E-state index contributed by atoms with van der Waals surface area (Å²) in [5.41, 5.74) is 5.22. The van der Waals surface area contributed by atoms with Crippen molar-refractivity contribution in [2.45, 2.75) is 6.61 Å². The largest absolute Gasteiger partial charge is 0.392 e. The Hall–Kier alpha value is -1.80. The summed E-state index contributed by atoms with van der Waals surface area (Å²) in [6, 6.07) is 13.9. The Balaban J connectivity index is 2.22. The first-order valence-electron chi connectivity index (χ1n) is 4.93. The molecular weight excluding hydrogens is 186 g/mol. The van der Waals surface area contributed by atoms with Gasteiger partial charge in [0, 0.05) is 11.1 Å². The minimum Gasteiger partial charge on any atom is -0.392 e. The molecule has 2 aromatic carbocycles. The minimum absolute atomic E-state index is 0.0788. The maximum Gasteiger partial charge on any atom is 0.0716 e. The first kappa shape index (κ1) is 8.50. The molecule has 0 saturated heterocycles. The van der Waals surface area contributed by atoms with Gasteiger partial charge in [-0.1, -0.05) is 24.3 Å². The smallest absolute Gasteiger partial charge is 0.0716 e. The first-order valence-corrected chi connectivity index (χ1v) is 4.93. The second-order valence-corrected chi connectivity index (χ2v) is 3.64. The molecule has 0 saturated carbocycles. The maximum atomic E-state index is 9.09. The number of benzene rings is 2. The van der Waals surface area contributed by atoms with Crippen LogP contribution < -0.4 is 5.32 Å². The lowest BCUT2D eigenvalue weighted by Gasteiger charge is -2.00. The summed E-state index contributed by atoms with van der Waals surface area (Å²) in [5, 5.41) is 13.6. The fourth-order valence-corrected chi connectivity index (χ4v) is 1.92. The second-order valence-electron chi connectivity index (χ2n) is 3.64. The van der Waals surface area contributed by atoms with E-state index in [1.807, 2.05) is 36.4 Å². The molecule has 1 aliphatic heterocycles. The molecule has 2 nitrogen and oxygen atoms in total. The van der Waals surface area contributed by atoms with Crippen LogP contribution in [0.1, 0.15) is 5.56 Å². The van der Waals surface area contributed by atoms with Crippen LogP contribution >= 0.6 is 0 Å². The van der Waals surface area contributed by atoms with Crippen molar-refractivity contribution in [3.8, 4) is 11.1 Å². The Bertz CT molecular complexity index is 520. The molecule has 0 amide bonds. The Morgan fingerprint density at radius 3 is 2.60 bits per heavy atom. The molecule has 1 radical (unpaired) electrons. The molecule has 0 bridgehead atoms. The lowest BCUT2D eigenvalue weighted by molar-refractivity contribution is 0.282. The van der Waals surface area contributed by atoms with E-state index in [1.165, 1.54) is 0 Å². The normalized spacial score (nSPS) is 11.8. The molecular formula is C13H10NO. The SMILES string of the molecule is OCc1ccc2c(c1)-c1ccccc1[N]2. The predicted octanol–water partition coefficient (Wildman–Crippen LogP) is 2.73. The Kier molecular flexibility index (Phi) is 1.76.